The van der Waals surface area contributed by atoms with Crippen LogP contribution >= 0.6 is 11.3 Å². The van der Waals surface area contributed by atoms with Crippen molar-refractivity contribution in [1.82, 2.24) is 4.98 Å². The zero-order valence-electron chi connectivity index (χ0n) is 11.2. The van der Waals surface area contributed by atoms with Crippen LogP contribution in [0.1, 0.15) is 16.5 Å². The van der Waals surface area contributed by atoms with Gasteiger partial charge in [-0.3, -0.25) is 4.98 Å². The van der Waals surface area contributed by atoms with Crippen LogP contribution in [0.2, 0.25) is 0 Å². The number of rotatable bonds is 2. The smallest absolute Gasteiger partial charge is 0.113 e. The van der Waals surface area contributed by atoms with Gasteiger partial charge in [0.2, 0.25) is 0 Å². The summed E-state index contributed by atoms with van der Waals surface area (Å²) in [6, 6.07) is 20.1. The molecule has 0 aliphatic heterocycles. The number of aliphatic hydroxyl groups excluding tert-OH is 1. The van der Waals surface area contributed by atoms with Gasteiger partial charge in [-0.05, 0) is 35.2 Å². The van der Waals surface area contributed by atoms with E-state index >= 15 is 0 Å². The van der Waals surface area contributed by atoms with Crippen LogP contribution in [0.4, 0.5) is 0 Å². The van der Waals surface area contributed by atoms with E-state index in [-0.39, 0.29) is 0 Å². The van der Waals surface area contributed by atoms with E-state index in [4.69, 9.17) is 0 Å². The number of hydrogen-bond acceptors (Lipinski definition) is 3. The summed E-state index contributed by atoms with van der Waals surface area (Å²) in [5, 5.41) is 12.9. The number of fused-ring (bicyclic) bond motifs is 2. The maximum absolute atomic E-state index is 10.6. The number of thiophene rings is 1. The number of benzene rings is 2. The van der Waals surface area contributed by atoms with E-state index in [2.05, 4.69) is 23.2 Å². The molecule has 2 nitrogen and oxygen atoms in total. The molecule has 0 spiro atoms. The van der Waals surface area contributed by atoms with E-state index in [1.54, 1.807) is 17.5 Å². The van der Waals surface area contributed by atoms with Gasteiger partial charge in [0.15, 0.2) is 0 Å². The lowest BCUT2D eigenvalue weighted by Crippen LogP contribution is -1.97. The fourth-order valence-corrected chi connectivity index (χ4v) is 3.63. The van der Waals surface area contributed by atoms with Crippen LogP contribution in [0.3, 0.4) is 0 Å². The summed E-state index contributed by atoms with van der Waals surface area (Å²) in [6.45, 7) is 0. The van der Waals surface area contributed by atoms with Gasteiger partial charge in [-0.15, -0.1) is 11.3 Å². The summed E-state index contributed by atoms with van der Waals surface area (Å²) < 4.78 is 1.20. The minimum Gasteiger partial charge on any atom is -0.383 e. The maximum atomic E-state index is 10.6. The lowest BCUT2D eigenvalue weighted by molar-refractivity contribution is 0.224. The molecule has 0 aliphatic rings. The van der Waals surface area contributed by atoms with Crippen molar-refractivity contribution in [1.29, 1.82) is 0 Å². The molecule has 2 aromatic carbocycles. The molecule has 1 unspecified atom stereocenters. The van der Waals surface area contributed by atoms with Gasteiger partial charge in [0.05, 0.1) is 5.52 Å². The van der Waals surface area contributed by atoms with Crippen molar-refractivity contribution in [3.8, 4) is 0 Å². The van der Waals surface area contributed by atoms with Crippen LogP contribution in [0.25, 0.3) is 21.0 Å². The Balaban J connectivity index is 1.79. The van der Waals surface area contributed by atoms with Gasteiger partial charge in [-0.2, -0.15) is 0 Å². The van der Waals surface area contributed by atoms with E-state index in [0.29, 0.717) is 0 Å². The van der Waals surface area contributed by atoms with Crippen molar-refractivity contribution in [2.24, 2.45) is 0 Å². The third-order valence-corrected chi connectivity index (χ3v) is 4.83. The monoisotopic (exact) mass is 291 g/mol. The SMILES string of the molecule is OC(c1ccc2cccnc2c1)c1cc2ccccc2s1. The zero-order valence-corrected chi connectivity index (χ0v) is 12.0. The normalized spacial score (nSPS) is 12.8. The quantitative estimate of drug-likeness (QED) is 0.588. The highest BCUT2D eigenvalue weighted by molar-refractivity contribution is 7.19. The van der Waals surface area contributed by atoms with Crippen molar-refractivity contribution < 1.29 is 5.11 Å². The van der Waals surface area contributed by atoms with Crippen LogP contribution in [-0.4, -0.2) is 10.1 Å². The molecule has 0 amide bonds. The summed E-state index contributed by atoms with van der Waals surface area (Å²) >= 11 is 1.64. The lowest BCUT2D eigenvalue weighted by atomic mass is 10.1. The van der Waals surface area contributed by atoms with Gasteiger partial charge in [-0.25, -0.2) is 0 Å². The summed E-state index contributed by atoms with van der Waals surface area (Å²) in [5.41, 5.74) is 1.79. The van der Waals surface area contributed by atoms with E-state index in [1.807, 2.05) is 42.5 Å². The molecule has 2 aromatic heterocycles. The highest BCUT2D eigenvalue weighted by Gasteiger charge is 2.14. The first kappa shape index (κ1) is 12.5. The fraction of sp³-hybridized carbons (Fsp3) is 0.0556. The number of hydrogen-bond donors (Lipinski definition) is 1. The molecule has 0 saturated carbocycles. The predicted molar refractivity (Wildman–Crippen MR) is 87.6 cm³/mol. The lowest BCUT2D eigenvalue weighted by Gasteiger charge is -2.09. The number of aliphatic hydroxyl groups is 1. The second-order valence-corrected chi connectivity index (χ2v) is 6.16. The Morgan fingerprint density at radius 2 is 1.76 bits per heavy atom. The molecular weight excluding hydrogens is 278 g/mol. The first-order valence-corrected chi connectivity index (χ1v) is 7.64. The van der Waals surface area contributed by atoms with Gasteiger partial charge in [-0.1, -0.05) is 36.4 Å². The Morgan fingerprint density at radius 3 is 2.67 bits per heavy atom. The molecule has 0 fully saturated rings. The minimum atomic E-state index is -0.603. The number of nitrogens with zero attached hydrogens (tertiary/aromatic N) is 1. The van der Waals surface area contributed by atoms with Gasteiger partial charge in [0, 0.05) is 21.2 Å². The van der Waals surface area contributed by atoms with Crippen molar-refractivity contribution in [3.05, 3.63) is 77.3 Å². The highest BCUT2D eigenvalue weighted by Crippen LogP contribution is 2.33. The number of pyridine rings is 1. The minimum absolute atomic E-state index is 0.603. The fourth-order valence-electron chi connectivity index (χ4n) is 2.55. The van der Waals surface area contributed by atoms with Crippen molar-refractivity contribution in [3.63, 3.8) is 0 Å². The standard InChI is InChI=1S/C18H13NOS/c20-18(17-11-13-4-1-2-6-16(13)21-17)14-8-7-12-5-3-9-19-15(12)10-14/h1-11,18,20H. The molecule has 0 saturated heterocycles. The summed E-state index contributed by atoms with van der Waals surface area (Å²) in [6.07, 6.45) is 1.17. The van der Waals surface area contributed by atoms with E-state index < -0.39 is 6.10 Å². The van der Waals surface area contributed by atoms with Crippen molar-refractivity contribution >= 4 is 32.3 Å². The Kier molecular flexibility index (Phi) is 2.95. The summed E-state index contributed by atoms with van der Waals surface area (Å²) in [4.78, 5) is 5.32. The summed E-state index contributed by atoms with van der Waals surface area (Å²) in [5.74, 6) is 0. The van der Waals surface area contributed by atoms with Gasteiger partial charge < -0.3 is 5.11 Å². The molecule has 1 N–H and O–H groups in total. The Morgan fingerprint density at radius 1 is 0.905 bits per heavy atom. The second kappa shape index (κ2) is 4.95. The predicted octanol–water partition coefficient (Wildman–Crippen LogP) is 4.53. The molecule has 0 radical (unpaired) electrons. The topological polar surface area (TPSA) is 33.1 Å². The average Bonchev–Trinajstić information content (AvgIpc) is 2.97. The van der Waals surface area contributed by atoms with Crippen molar-refractivity contribution in [2.75, 3.05) is 0 Å². The zero-order chi connectivity index (χ0) is 14.2. The summed E-state index contributed by atoms with van der Waals surface area (Å²) in [7, 11) is 0. The Hall–Kier alpha value is -2.23. The van der Waals surface area contributed by atoms with Gasteiger partial charge in [0.25, 0.3) is 0 Å². The van der Waals surface area contributed by atoms with E-state index in [9.17, 15) is 5.11 Å². The molecule has 2 heterocycles. The molecule has 0 bridgehead atoms. The largest absolute Gasteiger partial charge is 0.383 e. The van der Waals surface area contributed by atoms with Crippen LogP contribution in [0.5, 0.6) is 0 Å². The first-order chi connectivity index (χ1) is 10.3. The number of aromatic nitrogens is 1. The van der Waals surface area contributed by atoms with Crippen LogP contribution in [-0.2, 0) is 0 Å². The van der Waals surface area contributed by atoms with Crippen LogP contribution in [0.15, 0.2) is 66.9 Å². The second-order valence-electron chi connectivity index (χ2n) is 5.04. The molecule has 0 aliphatic carbocycles. The van der Waals surface area contributed by atoms with E-state index in [1.165, 1.54) is 10.1 Å². The van der Waals surface area contributed by atoms with Gasteiger partial charge in [0.1, 0.15) is 6.10 Å². The molecule has 1 atom stereocenters. The van der Waals surface area contributed by atoms with E-state index in [0.717, 1.165) is 21.3 Å². The Bertz CT molecular complexity index is 895. The average molecular weight is 291 g/mol. The van der Waals surface area contributed by atoms with Crippen LogP contribution in [0, 0.1) is 0 Å². The molecular formula is C18H13NOS. The molecule has 3 heteroatoms. The van der Waals surface area contributed by atoms with Crippen LogP contribution < -0.4 is 0 Å². The first-order valence-electron chi connectivity index (χ1n) is 6.82. The van der Waals surface area contributed by atoms with Gasteiger partial charge >= 0.3 is 0 Å². The maximum Gasteiger partial charge on any atom is 0.113 e. The molecule has 4 rings (SSSR count). The molecule has 102 valence electrons. The highest BCUT2D eigenvalue weighted by atomic mass is 32.1. The van der Waals surface area contributed by atoms with Crippen molar-refractivity contribution in [2.45, 2.75) is 6.10 Å². The molecule has 4 aromatic rings. The molecule has 21 heavy (non-hydrogen) atoms. The third-order valence-electron chi connectivity index (χ3n) is 3.66. The Labute approximate surface area is 126 Å². The third kappa shape index (κ3) is 2.20.